The van der Waals surface area contributed by atoms with Gasteiger partial charge in [0, 0.05) is 42.9 Å². The van der Waals surface area contributed by atoms with Gasteiger partial charge in [-0.3, -0.25) is 4.79 Å². The summed E-state index contributed by atoms with van der Waals surface area (Å²) in [6, 6.07) is 0. The van der Waals surface area contributed by atoms with E-state index in [9.17, 15) is 4.79 Å². The van der Waals surface area contributed by atoms with Crippen molar-refractivity contribution < 1.29 is 4.79 Å². The number of piperazine rings is 1. The highest BCUT2D eigenvalue weighted by Crippen LogP contribution is 2.42. The van der Waals surface area contributed by atoms with Gasteiger partial charge in [0.15, 0.2) is 0 Å². The standard InChI is InChI=1S/C26H38N4OS/c1-4-18(3)23-27-24(22-20-11-10-17(2)16-21(20)32-25(22)28-23)29-12-14-30(15-13-29)26(31)19-8-6-5-7-9-19/h17-19H,4-16H2,1-3H3/t17-,18+/m0/s1. The van der Waals surface area contributed by atoms with Gasteiger partial charge in [0.2, 0.25) is 5.91 Å². The Bertz CT molecular complexity index is 972. The zero-order chi connectivity index (χ0) is 22.2. The number of rotatable bonds is 4. The number of hydrogen-bond donors (Lipinski definition) is 0. The van der Waals surface area contributed by atoms with Gasteiger partial charge < -0.3 is 9.80 Å². The van der Waals surface area contributed by atoms with E-state index < -0.39 is 0 Å². The van der Waals surface area contributed by atoms with E-state index in [1.54, 1.807) is 0 Å². The number of amides is 1. The predicted molar refractivity (Wildman–Crippen MR) is 133 cm³/mol. The van der Waals surface area contributed by atoms with Gasteiger partial charge in [-0.15, -0.1) is 11.3 Å². The zero-order valence-electron chi connectivity index (χ0n) is 20.0. The Balaban J connectivity index is 1.42. The molecule has 32 heavy (non-hydrogen) atoms. The summed E-state index contributed by atoms with van der Waals surface area (Å²) < 4.78 is 0. The Hall–Kier alpha value is -1.69. The monoisotopic (exact) mass is 454 g/mol. The molecular formula is C26H38N4OS. The van der Waals surface area contributed by atoms with Crippen LogP contribution in [0.4, 0.5) is 5.82 Å². The Morgan fingerprint density at radius 2 is 1.84 bits per heavy atom. The molecule has 2 atom stereocenters. The number of carbonyl (C=O) groups is 1. The summed E-state index contributed by atoms with van der Waals surface area (Å²) >= 11 is 1.91. The summed E-state index contributed by atoms with van der Waals surface area (Å²) in [7, 11) is 0. The smallest absolute Gasteiger partial charge is 0.225 e. The topological polar surface area (TPSA) is 49.3 Å². The van der Waals surface area contributed by atoms with Gasteiger partial charge in [-0.1, -0.05) is 40.0 Å². The van der Waals surface area contributed by atoms with Crippen LogP contribution in [0.1, 0.15) is 87.9 Å². The molecule has 3 heterocycles. The molecule has 1 aliphatic heterocycles. The van der Waals surface area contributed by atoms with Gasteiger partial charge in [-0.2, -0.15) is 0 Å². The van der Waals surface area contributed by atoms with Crippen LogP contribution in [0, 0.1) is 11.8 Å². The molecule has 1 saturated heterocycles. The lowest BCUT2D eigenvalue weighted by Crippen LogP contribution is -2.51. The van der Waals surface area contributed by atoms with Crippen molar-refractivity contribution in [2.75, 3.05) is 31.1 Å². The minimum atomic E-state index is 0.268. The van der Waals surface area contributed by atoms with Crippen molar-refractivity contribution in [1.82, 2.24) is 14.9 Å². The molecule has 0 bridgehead atoms. The minimum absolute atomic E-state index is 0.268. The zero-order valence-corrected chi connectivity index (χ0v) is 20.8. The first-order valence-electron chi connectivity index (χ1n) is 12.9. The van der Waals surface area contributed by atoms with E-state index in [4.69, 9.17) is 9.97 Å². The van der Waals surface area contributed by atoms with E-state index in [-0.39, 0.29) is 5.92 Å². The molecule has 6 heteroatoms. The first-order chi connectivity index (χ1) is 15.5. The van der Waals surface area contributed by atoms with Crippen LogP contribution in [0.25, 0.3) is 10.2 Å². The maximum absolute atomic E-state index is 13.1. The molecule has 0 aromatic carbocycles. The number of hydrogen-bond acceptors (Lipinski definition) is 5. The van der Waals surface area contributed by atoms with E-state index in [1.807, 2.05) is 11.3 Å². The largest absolute Gasteiger partial charge is 0.352 e. The van der Waals surface area contributed by atoms with Crippen molar-refractivity contribution in [2.45, 2.75) is 84.5 Å². The van der Waals surface area contributed by atoms with Crippen molar-refractivity contribution in [1.29, 1.82) is 0 Å². The fraction of sp³-hybridized carbons (Fsp3) is 0.731. The van der Waals surface area contributed by atoms with Gasteiger partial charge in [0.1, 0.15) is 16.5 Å². The number of aryl methyl sites for hydroxylation is 1. The van der Waals surface area contributed by atoms with E-state index in [0.29, 0.717) is 11.8 Å². The third-order valence-electron chi connectivity index (χ3n) is 8.05. The lowest BCUT2D eigenvalue weighted by molar-refractivity contribution is -0.136. The molecule has 0 spiro atoms. The van der Waals surface area contributed by atoms with Gasteiger partial charge in [0.05, 0.1) is 5.39 Å². The molecule has 1 amide bonds. The van der Waals surface area contributed by atoms with Crippen molar-refractivity contribution in [3.8, 4) is 0 Å². The van der Waals surface area contributed by atoms with Crippen molar-refractivity contribution in [3.63, 3.8) is 0 Å². The molecule has 0 unspecified atom stereocenters. The highest BCUT2D eigenvalue weighted by Gasteiger charge is 2.31. The summed E-state index contributed by atoms with van der Waals surface area (Å²) in [4.78, 5) is 30.6. The number of fused-ring (bicyclic) bond motifs is 3. The first-order valence-corrected chi connectivity index (χ1v) is 13.7. The average molecular weight is 455 g/mol. The molecule has 3 aliphatic rings. The molecule has 0 radical (unpaired) electrons. The van der Waals surface area contributed by atoms with Crippen LogP contribution in [-0.2, 0) is 17.6 Å². The number of anilines is 1. The maximum Gasteiger partial charge on any atom is 0.225 e. The first kappa shape index (κ1) is 22.1. The van der Waals surface area contributed by atoms with Crippen LogP contribution in [0.15, 0.2) is 0 Å². The molecule has 174 valence electrons. The summed E-state index contributed by atoms with van der Waals surface area (Å²) in [5, 5.41) is 1.32. The van der Waals surface area contributed by atoms with Gasteiger partial charge >= 0.3 is 0 Å². The van der Waals surface area contributed by atoms with E-state index in [2.05, 4.69) is 30.6 Å². The molecule has 1 saturated carbocycles. The minimum Gasteiger partial charge on any atom is -0.352 e. The summed E-state index contributed by atoms with van der Waals surface area (Å²) in [6.07, 6.45) is 10.5. The van der Waals surface area contributed by atoms with E-state index in [1.165, 1.54) is 52.8 Å². The quantitative estimate of drug-likeness (QED) is 0.607. The molecule has 5 nitrogen and oxygen atoms in total. The second-order valence-electron chi connectivity index (χ2n) is 10.4. The van der Waals surface area contributed by atoms with Crippen molar-refractivity contribution in [2.24, 2.45) is 11.8 Å². The van der Waals surface area contributed by atoms with E-state index >= 15 is 0 Å². The lowest BCUT2D eigenvalue weighted by atomic mass is 9.88. The fourth-order valence-electron chi connectivity index (χ4n) is 5.72. The summed E-state index contributed by atoms with van der Waals surface area (Å²) in [6.45, 7) is 10.2. The Morgan fingerprint density at radius 1 is 1.09 bits per heavy atom. The Kier molecular flexibility index (Phi) is 6.42. The van der Waals surface area contributed by atoms with Crippen LogP contribution in [0.5, 0.6) is 0 Å². The molecule has 2 aromatic heterocycles. The number of thiophene rings is 1. The summed E-state index contributed by atoms with van der Waals surface area (Å²) in [5.41, 5.74) is 1.51. The van der Waals surface area contributed by atoms with Crippen LogP contribution < -0.4 is 4.90 Å². The Labute approximate surface area is 196 Å². The van der Waals surface area contributed by atoms with Crippen LogP contribution >= 0.6 is 11.3 Å². The molecule has 2 fully saturated rings. The number of nitrogens with zero attached hydrogens (tertiary/aromatic N) is 4. The third-order valence-corrected chi connectivity index (χ3v) is 9.20. The van der Waals surface area contributed by atoms with Crippen LogP contribution in [0.2, 0.25) is 0 Å². The SMILES string of the molecule is CC[C@@H](C)c1nc(N2CCN(C(=O)C3CCCCC3)CC2)c2c3c(sc2n1)C[C@@H](C)CC3. The maximum atomic E-state index is 13.1. The van der Waals surface area contributed by atoms with Crippen molar-refractivity contribution in [3.05, 3.63) is 16.3 Å². The Morgan fingerprint density at radius 3 is 2.56 bits per heavy atom. The van der Waals surface area contributed by atoms with Gasteiger partial charge in [0.25, 0.3) is 0 Å². The lowest BCUT2D eigenvalue weighted by Gasteiger charge is -2.38. The normalized spacial score (nSPS) is 23.4. The predicted octanol–water partition coefficient (Wildman–Crippen LogP) is 5.56. The molecule has 5 rings (SSSR count). The van der Waals surface area contributed by atoms with E-state index in [0.717, 1.165) is 69.4 Å². The fourth-order valence-corrected chi connectivity index (χ4v) is 7.10. The average Bonchev–Trinajstić information content (AvgIpc) is 3.20. The number of carbonyl (C=O) groups excluding carboxylic acids is 1. The highest BCUT2D eigenvalue weighted by molar-refractivity contribution is 7.19. The van der Waals surface area contributed by atoms with Crippen molar-refractivity contribution >= 4 is 33.3 Å². The highest BCUT2D eigenvalue weighted by atomic mass is 32.1. The second-order valence-corrected chi connectivity index (χ2v) is 11.5. The van der Waals surface area contributed by atoms with Crippen LogP contribution in [0.3, 0.4) is 0 Å². The van der Waals surface area contributed by atoms with Gasteiger partial charge in [-0.05, 0) is 50.0 Å². The number of aromatic nitrogens is 2. The molecule has 0 N–H and O–H groups in total. The third kappa shape index (κ3) is 4.15. The molecule has 2 aliphatic carbocycles. The summed E-state index contributed by atoms with van der Waals surface area (Å²) in [5.74, 6) is 3.92. The van der Waals surface area contributed by atoms with Gasteiger partial charge in [-0.25, -0.2) is 9.97 Å². The molecule has 2 aromatic rings. The second kappa shape index (κ2) is 9.28. The molecular weight excluding hydrogens is 416 g/mol. The van der Waals surface area contributed by atoms with Crippen LogP contribution in [-0.4, -0.2) is 47.0 Å².